The minimum absolute atomic E-state index is 0.00857. The summed E-state index contributed by atoms with van der Waals surface area (Å²) in [6.07, 6.45) is 9.64. The van der Waals surface area contributed by atoms with Crippen molar-refractivity contribution in [2.75, 3.05) is 0 Å². The average molecular weight is 736 g/mol. The number of alkyl halides is 6. The first kappa shape index (κ1) is 40.4. The third-order valence-electron chi connectivity index (χ3n) is 10.7. The smallest absolute Gasteiger partial charge is 0.450 e. The standard InChI is InChI=1S/C19H32O2.C13H14F6O6S2/c1-6-17(2,3)16(20)21-18(4,5)19-10-13-7-14(11-19)9-15(8-13)12-19;1-3-8(2)9-4-6-10(7-5-9)25-27(23,24)13(18,19)11(14,15)12(16,17)26(20,21)22/h13-15H,6-12H2,1-5H3;4-8H,3H2,1-2H3,(H,20,21,22)/p-1. The summed E-state index contributed by atoms with van der Waals surface area (Å²) in [5.74, 6) is -5.36. The van der Waals surface area contributed by atoms with Crippen molar-refractivity contribution >= 4 is 26.2 Å². The Labute approximate surface area is 279 Å². The van der Waals surface area contributed by atoms with Gasteiger partial charge < -0.3 is 13.5 Å². The van der Waals surface area contributed by atoms with Crippen LogP contribution in [-0.4, -0.2) is 49.4 Å². The molecule has 0 amide bonds. The summed E-state index contributed by atoms with van der Waals surface area (Å²) in [6, 6.07) is 4.09. The second-order valence-corrected chi connectivity index (χ2v) is 17.8. The third-order valence-corrected chi connectivity index (χ3v) is 12.9. The molecule has 1 aromatic carbocycles. The van der Waals surface area contributed by atoms with E-state index in [-0.39, 0.29) is 28.3 Å². The Kier molecular flexibility index (Phi) is 11.1. The van der Waals surface area contributed by atoms with Crippen LogP contribution in [0.2, 0.25) is 0 Å². The van der Waals surface area contributed by atoms with E-state index in [1.54, 1.807) is 6.92 Å². The molecule has 4 fully saturated rings. The number of carbonyl (C=O) groups excluding carboxylic acids is 1. The number of hydrogen-bond donors (Lipinski definition) is 0. The monoisotopic (exact) mass is 735 g/mol. The fraction of sp³-hybridized carbons (Fsp3) is 0.781. The molecule has 48 heavy (non-hydrogen) atoms. The Hall–Kier alpha value is -2.07. The van der Waals surface area contributed by atoms with E-state index in [9.17, 15) is 52.5 Å². The van der Waals surface area contributed by atoms with E-state index in [2.05, 4.69) is 25.0 Å². The molecule has 4 saturated carbocycles. The largest absolute Gasteiger partial charge is 0.743 e. The summed E-state index contributed by atoms with van der Waals surface area (Å²) >= 11 is 0. The minimum Gasteiger partial charge on any atom is -0.743 e. The van der Waals surface area contributed by atoms with E-state index in [1.165, 1.54) is 50.7 Å². The second-order valence-electron chi connectivity index (χ2n) is 14.8. The summed E-state index contributed by atoms with van der Waals surface area (Å²) in [7, 11) is -14.1. The third kappa shape index (κ3) is 7.35. The Morgan fingerprint density at radius 2 is 1.29 bits per heavy atom. The molecule has 0 aliphatic heterocycles. The number of hydrogen-bond acceptors (Lipinski definition) is 8. The lowest BCUT2D eigenvalue weighted by molar-refractivity contribution is -0.247. The Bertz CT molecular complexity index is 1500. The molecule has 0 spiro atoms. The highest BCUT2D eigenvalue weighted by atomic mass is 32.2. The van der Waals surface area contributed by atoms with Crippen molar-refractivity contribution in [1.29, 1.82) is 0 Å². The summed E-state index contributed by atoms with van der Waals surface area (Å²) in [5.41, 5.74) is 0.191. The number of halogens is 6. The van der Waals surface area contributed by atoms with Gasteiger partial charge in [-0.1, -0.05) is 32.9 Å². The van der Waals surface area contributed by atoms with Crippen LogP contribution < -0.4 is 4.18 Å². The van der Waals surface area contributed by atoms with Gasteiger partial charge in [0.15, 0.2) is 10.1 Å². The minimum atomic E-state index is -7.33. The van der Waals surface area contributed by atoms with Crippen molar-refractivity contribution in [2.45, 2.75) is 128 Å². The first-order valence-corrected chi connectivity index (χ1v) is 18.8. The van der Waals surface area contributed by atoms with Crippen LogP contribution in [0.25, 0.3) is 0 Å². The van der Waals surface area contributed by atoms with Gasteiger partial charge in [-0.2, -0.15) is 34.8 Å². The van der Waals surface area contributed by atoms with Gasteiger partial charge in [-0.15, -0.1) is 0 Å². The Balaban J connectivity index is 0.000000267. The van der Waals surface area contributed by atoms with Crippen LogP contribution in [0.3, 0.4) is 0 Å². The predicted octanol–water partition coefficient (Wildman–Crippen LogP) is 8.24. The van der Waals surface area contributed by atoms with Crippen molar-refractivity contribution in [3.05, 3.63) is 29.8 Å². The highest BCUT2D eigenvalue weighted by Gasteiger charge is 2.81. The molecule has 1 aromatic rings. The van der Waals surface area contributed by atoms with Crippen LogP contribution in [0.4, 0.5) is 26.3 Å². The number of benzene rings is 1. The van der Waals surface area contributed by atoms with E-state index >= 15 is 0 Å². The predicted molar refractivity (Wildman–Crippen MR) is 164 cm³/mol. The maximum Gasteiger partial charge on any atom is 0.450 e. The van der Waals surface area contributed by atoms with Crippen molar-refractivity contribution in [3.8, 4) is 5.75 Å². The normalized spacial score (nSPS) is 25.6. The highest BCUT2D eigenvalue weighted by molar-refractivity contribution is 7.88. The van der Waals surface area contributed by atoms with Crippen molar-refractivity contribution in [1.82, 2.24) is 0 Å². The molecule has 4 aliphatic rings. The molecule has 4 bridgehead atoms. The van der Waals surface area contributed by atoms with Gasteiger partial charge in [0.2, 0.25) is 0 Å². The summed E-state index contributed by atoms with van der Waals surface area (Å²) in [4.78, 5) is 12.6. The van der Waals surface area contributed by atoms with Crippen LogP contribution in [0.15, 0.2) is 24.3 Å². The molecule has 1 unspecified atom stereocenters. The van der Waals surface area contributed by atoms with E-state index in [1.807, 2.05) is 20.8 Å². The average Bonchev–Trinajstić information content (AvgIpc) is 2.95. The van der Waals surface area contributed by atoms with Gasteiger partial charge in [0.25, 0.3) is 0 Å². The number of esters is 1. The molecule has 5 rings (SSSR count). The van der Waals surface area contributed by atoms with Gasteiger partial charge in [0, 0.05) is 5.41 Å². The number of rotatable bonds is 12. The summed E-state index contributed by atoms with van der Waals surface area (Å²) in [5, 5.41) is -13.7. The van der Waals surface area contributed by atoms with Gasteiger partial charge >= 0.3 is 32.5 Å². The number of ether oxygens (including phenoxy) is 1. The van der Waals surface area contributed by atoms with Gasteiger partial charge in [0.1, 0.15) is 11.4 Å². The van der Waals surface area contributed by atoms with E-state index in [4.69, 9.17) is 4.74 Å². The molecule has 0 N–H and O–H groups in total. The van der Waals surface area contributed by atoms with Gasteiger partial charge in [-0.3, -0.25) is 4.79 Å². The lowest BCUT2D eigenvalue weighted by Crippen LogP contribution is -2.61. The summed E-state index contributed by atoms with van der Waals surface area (Å²) in [6.45, 7) is 14.0. The van der Waals surface area contributed by atoms with Crippen LogP contribution in [0, 0.1) is 28.6 Å². The zero-order valence-electron chi connectivity index (χ0n) is 28.1. The molecule has 0 saturated heterocycles. The maximum atomic E-state index is 13.6. The summed E-state index contributed by atoms with van der Waals surface area (Å²) < 4.78 is 143. The molecule has 4 aliphatic carbocycles. The second kappa shape index (κ2) is 13.2. The molecule has 0 heterocycles. The fourth-order valence-electron chi connectivity index (χ4n) is 7.22. The zero-order chi connectivity index (χ0) is 36.9. The quantitative estimate of drug-likeness (QED) is 0.0910. The zero-order valence-corrected chi connectivity index (χ0v) is 29.8. The van der Waals surface area contributed by atoms with Gasteiger partial charge in [-0.25, -0.2) is 8.42 Å². The van der Waals surface area contributed by atoms with Crippen molar-refractivity contribution in [2.24, 2.45) is 28.6 Å². The lowest BCUT2D eigenvalue weighted by atomic mass is 9.46. The maximum absolute atomic E-state index is 13.6. The van der Waals surface area contributed by atoms with Crippen molar-refractivity contribution in [3.63, 3.8) is 0 Å². The first-order valence-electron chi connectivity index (χ1n) is 16.0. The van der Waals surface area contributed by atoms with E-state index in [0.29, 0.717) is 12.0 Å². The Morgan fingerprint density at radius 3 is 1.67 bits per heavy atom. The molecule has 276 valence electrons. The van der Waals surface area contributed by atoms with Crippen LogP contribution in [0.5, 0.6) is 5.75 Å². The highest BCUT2D eigenvalue weighted by Crippen LogP contribution is 2.64. The van der Waals surface area contributed by atoms with Crippen LogP contribution in [-0.2, 0) is 29.8 Å². The van der Waals surface area contributed by atoms with Gasteiger partial charge in [0.05, 0.1) is 5.41 Å². The molecule has 1 atom stereocenters. The number of carbonyl (C=O) groups is 1. The van der Waals surface area contributed by atoms with E-state index in [0.717, 1.165) is 36.3 Å². The lowest BCUT2D eigenvalue weighted by Gasteiger charge is -2.61. The molecular weight excluding hydrogens is 690 g/mol. The fourth-order valence-corrected chi connectivity index (χ4v) is 8.64. The first-order chi connectivity index (χ1) is 21.6. The SMILES string of the molecule is CCC(C)(C)C(=O)OC(C)(C)C12CC3CC(CC(C3)C1)C2.CCC(C)c1ccc(OS(=O)(=O)C(F)(F)C(F)(F)C(F)(F)S(=O)(=O)[O-])cc1. The molecule has 0 radical (unpaired) electrons. The Morgan fingerprint density at radius 1 is 0.854 bits per heavy atom. The van der Waals surface area contributed by atoms with Crippen LogP contribution >= 0.6 is 0 Å². The van der Waals surface area contributed by atoms with Crippen LogP contribution in [0.1, 0.15) is 111 Å². The molecular formula is C32H45F6O8S2-. The molecule has 8 nitrogen and oxygen atoms in total. The topological polar surface area (TPSA) is 127 Å². The van der Waals surface area contributed by atoms with Crippen molar-refractivity contribution < 1.29 is 61.4 Å². The molecule has 16 heteroatoms. The molecule has 0 aromatic heterocycles. The van der Waals surface area contributed by atoms with E-state index < -0.39 is 42.4 Å². The van der Waals surface area contributed by atoms with Gasteiger partial charge in [-0.05, 0) is 120 Å².